The highest BCUT2D eigenvalue weighted by molar-refractivity contribution is 5.94. The minimum Gasteiger partial charge on any atom is -0.507 e. The molecule has 0 aliphatic carbocycles. The van der Waals surface area contributed by atoms with Crippen LogP contribution in [0.3, 0.4) is 0 Å². The molecule has 0 saturated heterocycles. The molecule has 1 N–H and O–H groups in total. The van der Waals surface area contributed by atoms with Gasteiger partial charge in [-0.05, 0) is 48.5 Å². The average Bonchev–Trinajstić information content (AvgIpc) is 3.29. The van der Waals surface area contributed by atoms with Crippen LogP contribution in [0, 0.1) is 0 Å². The van der Waals surface area contributed by atoms with Gasteiger partial charge in [0.05, 0.1) is 22.5 Å². The van der Waals surface area contributed by atoms with E-state index >= 15 is 0 Å². The number of hydrogen-bond donors (Lipinski definition) is 1. The summed E-state index contributed by atoms with van der Waals surface area (Å²) in [4.78, 5) is 14.2. The number of aromatic hydroxyl groups is 1. The number of aromatic nitrogens is 4. The van der Waals surface area contributed by atoms with Gasteiger partial charge in [0.2, 0.25) is 0 Å². The molecule has 0 radical (unpaired) electrons. The molecule has 34 heavy (non-hydrogen) atoms. The summed E-state index contributed by atoms with van der Waals surface area (Å²) in [6, 6.07) is 33.3. The third-order valence-corrected chi connectivity index (χ3v) is 5.83. The van der Waals surface area contributed by atoms with Crippen LogP contribution in [-0.2, 0) is 0 Å². The molecule has 5 nitrogen and oxygen atoms in total. The van der Waals surface area contributed by atoms with Gasteiger partial charge in [0.15, 0.2) is 0 Å². The van der Waals surface area contributed by atoms with E-state index in [2.05, 4.69) is 15.6 Å². The zero-order valence-electron chi connectivity index (χ0n) is 18.2. The quantitative estimate of drug-likeness (QED) is 0.339. The molecular weight excluding hydrogens is 420 g/mol. The van der Waals surface area contributed by atoms with Gasteiger partial charge in [-0.2, -0.15) is 0 Å². The predicted octanol–water partition coefficient (Wildman–Crippen LogP) is 6.52. The monoisotopic (exact) mass is 440 g/mol. The minimum absolute atomic E-state index is 0.182. The van der Waals surface area contributed by atoms with E-state index in [9.17, 15) is 5.11 Å². The average molecular weight is 441 g/mol. The fraction of sp³-hybridized carbons (Fsp3) is 0. The predicted molar refractivity (Wildman–Crippen MR) is 135 cm³/mol. The van der Waals surface area contributed by atoms with E-state index in [4.69, 9.17) is 9.97 Å². The Hall–Kier alpha value is -4.77. The molecule has 0 unspecified atom stereocenters. The molecule has 0 aliphatic heterocycles. The molecule has 0 saturated carbocycles. The Balaban J connectivity index is 1.61. The molecule has 5 heteroatoms. The number of hydrogen-bond acceptors (Lipinski definition) is 4. The Morgan fingerprint density at radius 2 is 1.44 bits per heavy atom. The highest BCUT2D eigenvalue weighted by atomic mass is 16.3. The van der Waals surface area contributed by atoms with Crippen molar-refractivity contribution in [2.45, 2.75) is 0 Å². The largest absolute Gasteiger partial charge is 0.507 e. The summed E-state index contributed by atoms with van der Waals surface area (Å²) in [5.74, 6) is 0.844. The lowest BCUT2D eigenvalue weighted by Crippen LogP contribution is -1.97. The van der Waals surface area contributed by atoms with Crippen LogP contribution < -0.4 is 0 Å². The van der Waals surface area contributed by atoms with E-state index in [1.165, 1.54) is 0 Å². The van der Waals surface area contributed by atoms with E-state index in [1.807, 2.05) is 91.0 Å². The van der Waals surface area contributed by atoms with Crippen molar-refractivity contribution in [3.05, 3.63) is 116 Å². The lowest BCUT2D eigenvalue weighted by Gasteiger charge is -2.10. The topological polar surface area (TPSA) is 63.8 Å². The first kappa shape index (κ1) is 19.9. The van der Waals surface area contributed by atoms with E-state index < -0.39 is 0 Å². The molecule has 162 valence electrons. The summed E-state index contributed by atoms with van der Waals surface area (Å²) in [7, 11) is 0. The van der Waals surface area contributed by atoms with Crippen LogP contribution >= 0.6 is 0 Å². The van der Waals surface area contributed by atoms with Gasteiger partial charge in [-0.1, -0.05) is 54.6 Å². The molecule has 0 atom stereocenters. The number of phenols is 1. The minimum atomic E-state index is 0.182. The van der Waals surface area contributed by atoms with Crippen molar-refractivity contribution >= 4 is 11.0 Å². The van der Waals surface area contributed by atoms with Gasteiger partial charge in [-0.25, -0.2) is 4.98 Å². The van der Waals surface area contributed by atoms with Crippen molar-refractivity contribution in [1.82, 2.24) is 19.5 Å². The van der Waals surface area contributed by atoms with Crippen molar-refractivity contribution in [3.63, 3.8) is 0 Å². The van der Waals surface area contributed by atoms with Crippen molar-refractivity contribution in [2.75, 3.05) is 0 Å². The molecule has 3 heterocycles. The van der Waals surface area contributed by atoms with E-state index in [1.54, 1.807) is 18.5 Å². The van der Waals surface area contributed by atoms with Crippen molar-refractivity contribution < 1.29 is 5.11 Å². The fourth-order valence-electron chi connectivity index (χ4n) is 4.26. The van der Waals surface area contributed by atoms with Crippen molar-refractivity contribution in [3.8, 4) is 45.3 Å². The number of rotatable bonds is 4. The normalized spacial score (nSPS) is 11.1. The molecule has 0 aliphatic rings. The maximum atomic E-state index is 10.6. The standard InChI is InChI=1S/C29H20N4O/c34-26-15-5-4-13-23(26)29-32-28-25(33(29)22-11-2-1-3-12-22)16-18-31-27(28)21-10-8-9-20(19-21)24-14-6-7-17-30-24/h1-19,34H. The maximum Gasteiger partial charge on any atom is 0.149 e. The van der Waals surface area contributed by atoms with E-state index in [-0.39, 0.29) is 5.75 Å². The molecule has 3 aromatic carbocycles. The number of para-hydroxylation sites is 2. The zero-order valence-corrected chi connectivity index (χ0v) is 18.2. The van der Waals surface area contributed by atoms with Gasteiger partial charge in [0.1, 0.15) is 17.1 Å². The number of benzene rings is 3. The number of phenolic OH excluding ortho intramolecular Hbond substituents is 1. The zero-order chi connectivity index (χ0) is 22.9. The second-order valence-electron chi connectivity index (χ2n) is 7.95. The summed E-state index contributed by atoms with van der Waals surface area (Å²) < 4.78 is 2.07. The van der Waals surface area contributed by atoms with Crippen LogP contribution in [0.4, 0.5) is 0 Å². The summed E-state index contributed by atoms with van der Waals surface area (Å²) in [6.07, 6.45) is 3.60. The van der Waals surface area contributed by atoms with Gasteiger partial charge < -0.3 is 5.11 Å². The molecule has 0 fully saturated rings. The first-order chi connectivity index (χ1) is 16.8. The maximum absolute atomic E-state index is 10.6. The van der Waals surface area contributed by atoms with Crippen LogP contribution in [0.5, 0.6) is 5.75 Å². The molecule has 0 amide bonds. The van der Waals surface area contributed by atoms with Gasteiger partial charge in [-0.3, -0.25) is 14.5 Å². The SMILES string of the molecule is Oc1ccccc1-c1nc2c(-c3cccc(-c4ccccn4)c3)nccc2n1-c1ccccc1. The van der Waals surface area contributed by atoms with Crippen LogP contribution in [0.25, 0.3) is 50.6 Å². The highest BCUT2D eigenvalue weighted by Gasteiger charge is 2.20. The second-order valence-corrected chi connectivity index (χ2v) is 7.95. The third-order valence-electron chi connectivity index (χ3n) is 5.83. The van der Waals surface area contributed by atoms with Gasteiger partial charge in [-0.15, -0.1) is 0 Å². The number of nitrogens with zero attached hydrogens (tertiary/aromatic N) is 4. The van der Waals surface area contributed by atoms with Gasteiger partial charge in [0, 0.05) is 29.2 Å². The molecule has 6 aromatic rings. The molecule has 0 bridgehead atoms. The molecule has 6 rings (SSSR count). The first-order valence-corrected chi connectivity index (χ1v) is 11.0. The first-order valence-electron chi connectivity index (χ1n) is 11.0. The Labute approximate surface area is 196 Å². The van der Waals surface area contributed by atoms with Crippen molar-refractivity contribution in [1.29, 1.82) is 0 Å². The van der Waals surface area contributed by atoms with Gasteiger partial charge in [0.25, 0.3) is 0 Å². The smallest absolute Gasteiger partial charge is 0.149 e. The summed E-state index contributed by atoms with van der Waals surface area (Å²) in [5.41, 5.74) is 6.96. The number of pyridine rings is 2. The summed E-state index contributed by atoms with van der Waals surface area (Å²) in [6.45, 7) is 0. The van der Waals surface area contributed by atoms with Crippen LogP contribution in [0.15, 0.2) is 116 Å². The lowest BCUT2D eigenvalue weighted by molar-refractivity contribution is 0.477. The molecular formula is C29H20N4O. The number of imidazole rings is 1. The second kappa shape index (κ2) is 8.30. The lowest BCUT2D eigenvalue weighted by atomic mass is 10.0. The Kier molecular flexibility index (Phi) is 4.85. The highest BCUT2D eigenvalue weighted by Crippen LogP contribution is 2.36. The van der Waals surface area contributed by atoms with E-state index in [0.717, 1.165) is 39.2 Å². The van der Waals surface area contributed by atoms with Gasteiger partial charge >= 0.3 is 0 Å². The Morgan fingerprint density at radius 1 is 0.647 bits per heavy atom. The van der Waals surface area contributed by atoms with Crippen LogP contribution in [0.1, 0.15) is 0 Å². The fourth-order valence-corrected chi connectivity index (χ4v) is 4.26. The van der Waals surface area contributed by atoms with E-state index in [0.29, 0.717) is 11.4 Å². The Bertz CT molecular complexity index is 1610. The van der Waals surface area contributed by atoms with Crippen LogP contribution in [0.2, 0.25) is 0 Å². The third kappa shape index (κ3) is 3.40. The number of fused-ring (bicyclic) bond motifs is 1. The van der Waals surface area contributed by atoms with Crippen LogP contribution in [-0.4, -0.2) is 24.6 Å². The summed E-state index contributed by atoms with van der Waals surface area (Å²) >= 11 is 0. The Morgan fingerprint density at radius 3 is 2.26 bits per heavy atom. The molecule has 3 aromatic heterocycles. The summed E-state index contributed by atoms with van der Waals surface area (Å²) in [5, 5.41) is 10.6. The van der Waals surface area contributed by atoms with Crippen molar-refractivity contribution in [2.24, 2.45) is 0 Å². The molecule has 0 spiro atoms.